The molecule has 21 heavy (non-hydrogen) atoms. The van der Waals surface area contributed by atoms with Gasteiger partial charge in [0.25, 0.3) is 0 Å². The average molecular weight is 280 g/mol. The van der Waals surface area contributed by atoms with Gasteiger partial charge in [-0.1, -0.05) is 37.3 Å². The van der Waals surface area contributed by atoms with Crippen molar-refractivity contribution in [2.45, 2.75) is 26.8 Å². The van der Waals surface area contributed by atoms with Crippen molar-refractivity contribution >= 4 is 5.71 Å². The molecule has 0 fully saturated rings. The van der Waals surface area contributed by atoms with Crippen molar-refractivity contribution in [2.75, 3.05) is 6.61 Å². The summed E-state index contributed by atoms with van der Waals surface area (Å²) in [6, 6.07) is 14.3. The van der Waals surface area contributed by atoms with E-state index in [-0.39, 0.29) is 0 Å². The van der Waals surface area contributed by atoms with Gasteiger partial charge in [0.05, 0.1) is 18.9 Å². The Balaban J connectivity index is 1.94. The smallest absolute Gasteiger partial charge is 0.146 e. The van der Waals surface area contributed by atoms with E-state index in [9.17, 15) is 0 Å². The maximum atomic E-state index is 5.85. The normalized spacial score (nSPS) is 19.7. The molecule has 0 amide bonds. The van der Waals surface area contributed by atoms with Gasteiger partial charge < -0.3 is 4.74 Å². The van der Waals surface area contributed by atoms with Crippen LogP contribution in [0.1, 0.15) is 30.3 Å². The third-order valence-corrected chi connectivity index (χ3v) is 3.63. The standard InChI is InChI=1S/C18H20N2O/c1-13-10-16(19-11-15-6-4-3-5-7-15)18-17(21-12-13)9-8-14(2)20-18/h3-9,13H,10-12H2,1-2H3. The predicted molar refractivity (Wildman–Crippen MR) is 84.9 cm³/mol. The van der Waals surface area contributed by atoms with Crippen LogP contribution in [0, 0.1) is 12.8 Å². The van der Waals surface area contributed by atoms with E-state index in [0.29, 0.717) is 12.5 Å². The third kappa shape index (κ3) is 3.30. The lowest BCUT2D eigenvalue weighted by Crippen LogP contribution is -2.09. The van der Waals surface area contributed by atoms with E-state index >= 15 is 0 Å². The zero-order chi connectivity index (χ0) is 14.7. The maximum absolute atomic E-state index is 5.85. The summed E-state index contributed by atoms with van der Waals surface area (Å²) in [5, 5.41) is 0. The number of pyridine rings is 1. The molecule has 0 aliphatic carbocycles. The molecule has 1 aliphatic heterocycles. The molecule has 1 aliphatic rings. The van der Waals surface area contributed by atoms with E-state index in [0.717, 1.165) is 35.9 Å². The highest BCUT2D eigenvalue weighted by atomic mass is 16.5. The Labute approximate surface area is 125 Å². The molecule has 0 saturated carbocycles. The minimum absolute atomic E-state index is 0.453. The summed E-state index contributed by atoms with van der Waals surface area (Å²) in [6.07, 6.45) is 0.913. The number of fused-ring (bicyclic) bond motifs is 1. The Bertz CT molecular complexity index is 650. The minimum Gasteiger partial charge on any atom is -0.491 e. The van der Waals surface area contributed by atoms with Crippen LogP contribution in [0.2, 0.25) is 0 Å². The summed E-state index contributed by atoms with van der Waals surface area (Å²) in [4.78, 5) is 9.47. The van der Waals surface area contributed by atoms with E-state index in [2.05, 4.69) is 24.0 Å². The van der Waals surface area contributed by atoms with Gasteiger partial charge in [0.15, 0.2) is 0 Å². The van der Waals surface area contributed by atoms with Crippen LogP contribution in [-0.2, 0) is 6.54 Å². The first-order valence-electron chi connectivity index (χ1n) is 7.40. The minimum atomic E-state index is 0.453. The summed E-state index contributed by atoms with van der Waals surface area (Å²) < 4.78 is 5.85. The molecule has 1 aromatic heterocycles. The molecule has 0 spiro atoms. The monoisotopic (exact) mass is 280 g/mol. The molecule has 2 heterocycles. The van der Waals surface area contributed by atoms with Crippen molar-refractivity contribution in [3.8, 4) is 5.75 Å². The number of benzene rings is 1. The van der Waals surface area contributed by atoms with Crippen molar-refractivity contribution in [3.05, 3.63) is 59.4 Å². The fourth-order valence-electron chi connectivity index (χ4n) is 2.49. The molecule has 1 atom stereocenters. The first kappa shape index (κ1) is 13.8. The maximum Gasteiger partial charge on any atom is 0.146 e. The number of rotatable bonds is 2. The lowest BCUT2D eigenvalue weighted by Gasteiger charge is -2.08. The second kappa shape index (κ2) is 6.08. The zero-order valence-electron chi connectivity index (χ0n) is 12.5. The largest absolute Gasteiger partial charge is 0.491 e. The highest BCUT2D eigenvalue weighted by molar-refractivity contribution is 6.01. The van der Waals surface area contributed by atoms with E-state index in [1.807, 2.05) is 37.3 Å². The lowest BCUT2D eigenvalue weighted by molar-refractivity contribution is 0.268. The van der Waals surface area contributed by atoms with Crippen LogP contribution in [0.15, 0.2) is 47.5 Å². The summed E-state index contributed by atoms with van der Waals surface area (Å²) in [5.41, 5.74) is 4.19. The van der Waals surface area contributed by atoms with E-state index < -0.39 is 0 Å². The number of nitrogens with zero attached hydrogens (tertiary/aromatic N) is 2. The predicted octanol–water partition coefficient (Wildman–Crippen LogP) is 3.80. The Morgan fingerprint density at radius 2 is 2.00 bits per heavy atom. The number of hydrogen-bond donors (Lipinski definition) is 0. The molecule has 0 radical (unpaired) electrons. The number of aromatic nitrogens is 1. The van der Waals surface area contributed by atoms with Crippen LogP contribution in [0.25, 0.3) is 0 Å². The summed E-state index contributed by atoms with van der Waals surface area (Å²) in [5.74, 6) is 1.31. The molecule has 0 saturated heterocycles. The molecular formula is C18H20N2O. The highest BCUT2D eigenvalue weighted by Gasteiger charge is 2.20. The topological polar surface area (TPSA) is 34.5 Å². The van der Waals surface area contributed by atoms with Crippen LogP contribution in [-0.4, -0.2) is 17.3 Å². The SMILES string of the molecule is Cc1ccc2c(n1)C(=NCc1ccccc1)CC(C)CO2. The van der Waals surface area contributed by atoms with E-state index in [4.69, 9.17) is 9.73 Å². The number of ether oxygens (including phenoxy) is 1. The van der Waals surface area contributed by atoms with Crippen LogP contribution in [0.5, 0.6) is 5.75 Å². The van der Waals surface area contributed by atoms with Gasteiger partial charge in [-0.25, -0.2) is 4.98 Å². The Morgan fingerprint density at radius 1 is 1.19 bits per heavy atom. The molecule has 0 bridgehead atoms. The molecule has 3 heteroatoms. The molecule has 1 aromatic carbocycles. The quantitative estimate of drug-likeness (QED) is 0.838. The summed E-state index contributed by atoms with van der Waals surface area (Å²) in [7, 11) is 0. The molecule has 2 aromatic rings. The van der Waals surface area contributed by atoms with Crippen LogP contribution in [0.3, 0.4) is 0 Å². The van der Waals surface area contributed by atoms with Gasteiger partial charge in [0, 0.05) is 5.69 Å². The molecule has 3 rings (SSSR count). The van der Waals surface area contributed by atoms with Gasteiger partial charge in [-0.05, 0) is 37.0 Å². The second-order valence-electron chi connectivity index (χ2n) is 5.67. The van der Waals surface area contributed by atoms with Crippen LogP contribution >= 0.6 is 0 Å². The number of aliphatic imine (C=N–C) groups is 1. The fraction of sp³-hybridized carbons (Fsp3) is 0.333. The zero-order valence-corrected chi connectivity index (χ0v) is 12.5. The molecule has 3 nitrogen and oxygen atoms in total. The van der Waals surface area contributed by atoms with Crippen molar-refractivity contribution in [2.24, 2.45) is 10.9 Å². The van der Waals surface area contributed by atoms with Crippen molar-refractivity contribution in [1.82, 2.24) is 4.98 Å². The van der Waals surface area contributed by atoms with Crippen molar-refractivity contribution in [3.63, 3.8) is 0 Å². The first-order chi connectivity index (χ1) is 10.2. The molecule has 108 valence electrons. The van der Waals surface area contributed by atoms with Gasteiger partial charge in [-0.3, -0.25) is 4.99 Å². The number of hydrogen-bond acceptors (Lipinski definition) is 3. The number of aryl methyl sites for hydroxylation is 1. The van der Waals surface area contributed by atoms with Gasteiger partial charge in [-0.15, -0.1) is 0 Å². The van der Waals surface area contributed by atoms with Crippen molar-refractivity contribution in [1.29, 1.82) is 0 Å². The molecular weight excluding hydrogens is 260 g/mol. The summed E-state index contributed by atoms with van der Waals surface area (Å²) in [6.45, 7) is 5.61. The van der Waals surface area contributed by atoms with E-state index in [1.165, 1.54) is 5.56 Å². The first-order valence-corrected chi connectivity index (χ1v) is 7.40. The summed E-state index contributed by atoms with van der Waals surface area (Å²) >= 11 is 0. The van der Waals surface area contributed by atoms with Gasteiger partial charge in [-0.2, -0.15) is 0 Å². The van der Waals surface area contributed by atoms with Gasteiger partial charge >= 0.3 is 0 Å². The highest BCUT2D eigenvalue weighted by Crippen LogP contribution is 2.25. The Hall–Kier alpha value is -2.16. The van der Waals surface area contributed by atoms with Crippen molar-refractivity contribution < 1.29 is 4.74 Å². The lowest BCUT2D eigenvalue weighted by atomic mass is 10.0. The average Bonchev–Trinajstić information content (AvgIpc) is 2.65. The second-order valence-corrected chi connectivity index (χ2v) is 5.67. The molecule has 0 N–H and O–H groups in total. The fourth-order valence-corrected chi connectivity index (χ4v) is 2.49. The Morgan fingerprint density at radius 3 is 2.81 bits per heavy atom. The van der Waals surface area contributed by atoms with E-state index in [1.54, 1.807) is 0 Å². The third-order valence-electron chi connectivity index (χ3n) is 3.63. The van der Waals surface area contributed by atoms with Gasteiger partial charge in [0.1, 0.15) is 11.4 Å². The van der Waals surface area contributed by atoms with Crippen LogP contribution < -0.4 is 4.74 Å². The molecule has 1 unspecified atom stereocenters. The van der Waals surface area contributed by atoms with Gasteiger partial charge in [0.2, 0.25) is 0 Å². The van der Waals surface area contributed by atoms with Crippen LogP contribution in [0.4, 0.5) is 0 Å². The Kier molecular flexibility index (Phi) is 4.00.